The molecule has 0 spiro atoms. The lowest BCUT2D eigenvalue weighted by molar-refractivity contribution is -0.120. The molecule has 0 radical (unpaired) electrons. The number of rotatable bonds is 4. The molecule has 0 aromatic carbocycles. The van der Waals surface area contributed by atoms with E-state index in [0.29, 0.717) is 11.3 Å². The Bertz CT molecular complexity index is 479. The van der Waals surface area contributed by atoms with Gasteiger partial charge in [-0.2, -0.15) is 13.2 Å². The summed E-state index contributed by atoms with van der Waals surface area (Å²) in [5.41, 5.74) is 0.926. The molecule has 0 aliphatic heterocycles. The minimum Gasteiger partial charge on any atom is -0.392 e. The number of alkyl halides is 3. The van der Waals surface area contributed by atoms with Gasteiger partial charge < -0.3 is 10.0 Å². The summed E-state index contributed by atoms with van der Waals surface area (Å²) in [5.74, 6) is 0.249. The van der Waals surface area contributed by atoms with Gasteiger partial charge in [0.15, 0.2) is 0 Å². The van der Waals surface area contributed by atoms with Crippen LogP contribution in [-0.2, 0) is 12.0 Å². The smallest absolute Gasteiger partial charge is 0.392 e. The molecule has 1 rings (SSSR count). The Balaban J connectivity index is 3.31. The molecule has 0 unspecified atom stereocenters. The van der Waals surface area contributed by atoms with Gasteiger partial charge in [-0.25, -0.2) is 4.98 Å². The van der Waals surface area contributed by atoms with Crippen LogP contribution in [0, 0.1) is 0 Å². The Kier molecular flexibility index (Phi) is 5.25. The zero-order valence-corrected chi connectivity index (χ0v) is 13.1. The Hall–Kier alpha value is -1.30. The van der Waals surface area contributed by atoms with Crippen molar-refractivity contribution < 1.29 is 18.3 Å². The Labute approximate surface area is 123 Å². The number of halogens is 3. The highest BCUT2D eigenvalue weighted by atomic mass is 19.4. The largest absolute Gasteiger partial charge is 0.405 e. The standard InChI is InChI=1S/C15H23F3N2O/c1-10(2)20(9-15(16,17)18)13-7-11(8-21)6-12(19-13)14(3,4)5/h6-7,10,21H,8-9H2,1-5H3. The van der Waals surface area contributed by atoms with Gasteiger partial charge in [0.05, 0.1) is 6.61 Å². The van der Waals surface area contributed by atoms with Crippen LogP contribution in [0.1, 0.15) is 45.9 Å². The van der Waals surface area contributed by atoms with E-state index in [4.69, 9.17) is 0 Å². The zero-order valence-electron chi connectivity index (χ0n) is 13.1. The molecular weight excluding hydrogens is 281 g/mol. The van der Waals surface area contributed by atoms with Crippen LogP contribution in [0.3, 0.4) is 0 Å². The van der Waals surface area contributed by atoms with Gasteiger partial charge in [0.1, 0.15) is 12.4 Å². The van der Waals surface area contributed by atoms with Gasteiger partial charge >= 0.3 is 6.18 Å². The Morgan fingerprint density at radius 3 is 2.14 bits per heavy atom. The molecule has 3 nitrogen and oxygen atoms in total. The summed E-state index contributed by atoms with van der Waals surface area (Å²) in [6, 6.07) is 2.90. The van der Waals surface area contributed by atoms with Crippen molar-refractivity contribution in [3.05, 3.63) is 23.4 Å². The molecule has 0 aliphatic carbocycles. The van der Waals surface area contributed by atoms with Crippen molar-refractivity contribution >= 4 is 5.82 Å². The predicted octanol–water partition coefficient (Wildman–Crippen LogP) is 3.65. The maximum atomic E-state index is 12.7. The van der Waals surface area contributed by atoms with E-state index in [1.54, 1.807) is 19.9 Å². The second kappa shape index (κ2) is 6.22. The fraction of sp³-hybridized carbons (Fsp3) is 0.667. The van der Waals surface area contributed by atoms with Crippen LogP contribution in [0.2, 0.25) is 0 Å². The van der Waals surface area contributed by atoms with E-state index in [0.717, 1.165) is 0 Å². The summed E-state index contributed by atoms with van der Waals surface area (Å²) in [7, 11) is 0. The van der Waals surface area contributed by atoms with E-state index in [-0.39, 0.29) is 23.9 Å². The lowest BCUT2D eigenvalue weighted by Crippen LogP contribution is -2.40. The maximum absolute atomic E-state index is 12.7. The van der Waals surface area contributed by atoms with Crippen LogP contribution in [0.25, 0.3) is 0 Å². The summed E-state index contributed by atoms with van der Waals surface area (Å²) in [6.07, 6.45) is -4.30. The van der Waals surface area contributed by atoms with E-state index < -0.39 is 12.7 Å². The van der Waals surface area contributed by atoms with Crippen molar-refractivity contribution in [2.24, 2.45) is 0 Å². The van der Waals surface area contributed by atoms with E-state index in [1.165, 1.54) is 11.0 Å². The highest BCUT2D eigenvalue weighted by Gasteiger charge is 2.33. The molecule has 1 aromatic heterocycles. The third-order valence-electron chi connectivity index (χ3n) is 3.09. The normalized spacial score (nSPS) is 12.9. The monoisotopic (exact) mass is 304 g/mol. The van der Waals surface area contributed by atoms with Gasteiger partial charge in [-0.1, -0.05) is 20.8 Å². The van der Waals surface area contributed by atoms with Crippen molar-refractivity contribution in [3.63, 3.8) is 0 Å². The number of aromatic nitrogens is 1. The average molecular weight is 304 g/mol. The first-order valence-electron chi connectivity index (χ1n) is 6.89. The van der Waals surface area contributed by atoms with Gasteiger partial charge in [0.25, 0.3) is 0 Å². The van der Waals surface area contributed by atoms with Crippen LogP contribution in [0.4, 0.5) is 19.0 Å². The SMILES string of the molecule is CC(C)N(CC(F)(F)F)c1cc(CO)cc(C(C)(C)C)n1. The third-order valence-corrected chi connectivity index (χ3v) is 3.09. The van der Waals surface area contributed by atoms with Crippen molar-refractivity contribution in [2.75, 3.05) is 11.4 Å². The summed E-state index contributed by atoms with van der Waals surface area (Å²) in [4.78, 5) is 5.58. The molecule has 6 heteroatoms. The zero-order chi connectivity index (χ0) is 16.4. The molecule has 1 aromatic rings. The van der Waals surface area contributed by atoms with Crippen LogP contribution >= 0.6 is 0 Å². The molecule has 1 N–H and O–H groups in total. The third kappa shape index (κ3) is 5.19. The minimum absolute atomic E-state index is 0.226. The van der Waals surface area contributed by atoms with E-state index in [2.05, 4.69) is 4.98 Å². The topological polar surface area (TPSA) is 36.4 Å². The van der Waals surface area contributed by atoms with E-state index in [9.17, 15) is 18.3 Å². The van der Waals surface area contributed by atoms with Crippen LogP contribution in [-0.4, -0.2) is 28.9 Å². The first-order chi connectivity index (χ1) is 9.44. The van der Waals surface area contributed by atoms with Crippen molar-refractivity contribution in [1.29, 1.82) is 0 Å². The fourth-order valence-corrected chi connectivity index (χ4v) is 1.91. The van der Waals surface area contributed by atoms with Gasteiger partial charge in [-0.15, -0.1) is 0 Å². The van der Waals surface area contributed by atoms with Crippen molar-refractivity contribution in [1.82, 2.24) is 4.98 Å². The summed E-state index contributed by atoms with van der Waals surface area (Å²) in [6.45, 7) is 7.90. The highest BCUT2D eigenvalue weighted by Crippen LogP contribution is 2.28. The molecule has 0 atom stereocenters. The number of hydrogen-bond donors (Lipinski definition) is 1. The molecule has 0 fully saturated rings. The molecular formula is C15H23F3N2O. The maximum Gasteiger partial charge on any atom is 0.405 e. The molecule has 120 valence electrons. The molecule has 21 heavy (non-hydrogen) atoms. The molecule has 0 saturated carbocycles. The fourth-order valence-electron chi connectivity index (χ4n) is 1.91. The number of pyridine rings is 1. The first kappa shape index (κ1) is 17.8. The lowest BCUT2D eigenvalue weighted by atomic mass is 9.90. The highest BCUT2D eigenvalue weighted by molar-refractivity contribution is 5.45. The molecule has 0 bridgehead atoms. The average Bonchev–Trinajstić information content (AvgIpc) is 2.33. The molecule has 0 amide bonds. The van der Waals surface area contributed by atoms with Gasteiger partial charge in [-0.05, 0) is 31.5 Å². The van der Waals surface area contributed by atoms with Crippen LogP contribution in [0.5, 0.6) is 0 Å². The minimum atomic E-state index is -4.30. The molecule has 1 heterocycles. The Morgan fingerprint density at radius 2 is 1.76 bits per heavy atom. The molecule has 0 aliphatic rings. The number of aliphatic hydroxyl groups is 1. The van der Waals surface area contributed by atoms with E-state index in [1.807, 2.05) is 20.8 Å². The van der Waals surface area contributed by atoms with Crippen molar-refractivity contribution in [3.8, 4) is 0 Å². The number of aliphatic hydroxyl groups excluding tert-OH is 1. The van der Waals surface area contributed by atoms with Gasteiger partial charge in [0, 0.05) is 17.2 Å². The van der Waals surface area contributed by atoms with E-state index >= 15 is 0 Å². The van der Waals surface area contributed by atoms with Gasteiger partial charge in [-0.3, -0.25) is 0 Å². The predicted molar refractivity (Wildman–Crippen MR) is 77.4 cm³/mol. The van der Waals surface area contributed by atoms with Crippen molar-refractivity contribution in [2.45, 2.75) is 58.9 Å². The van der Waals surface area contributed by atoms with Crippen LogP contribution < -0.4 is 4.90 Å². The first-order valence-corrected chi connectivity index (χ1v) is 6.89. The summed E-state index contributed by atoms with van der Waals surface area (Å²) in [5, 5.41) is 9.34. The number of anilines is 1. The number of hydrogen-bond acceptors (Lipinski definition) is 3. The van der Waals surface area contributed by atoms with Gasteiger partial charge in [0.2, 0.25) is 0 Å². The quantitative estimate of drug-likeness (QED) is 0.922. The Morgan fingerprint density at radius 1 is 1.19 bits per heavy atom. The summed E-state index contributed by atoms with van der Waals surface area (Å²) >= 11 is 0. The number of nitrogens with zero attached hydrogens (tertiary/aromatic N) is 2. The lowest BCUT2D eigenvalue weighted by Gasteiger charge is -2.30. The second-order valence-electron chi connectivity index (χ2n) is 6.46. The second-order valence-corrected chi connectivity index (χ2v) is 6.46. The van der Waals surface area contributed by atoms with Crippen LogP contribution in [0.15, 0.2) is 12.1 Å². The summed E-state index contributed by atoms with van der Waals surface area (Å²) < 4.78 is 38.2. The molecule has 0 saturated heterocycles.